The second-order valence-electron chi connectivity index (χ2n) is 4.16. The fourth-order valence-electron chi connectivity index (χ4n) is 1.92. The molecule has 2 aromatic heterocycles. The van der Waals surface area contributed by atoms with Crippen LogP contribution in [-0.4, -0.2) is 25.6 Å². The number of carboxylic acids is 1. The van der Waals surface area contributed by atoms with Crippen molar-refractivity contribution in [2.75, 3.05) is 0 Å². The zero-order chi connectivity index (χ0) is 13.3. The van der Waals surface area contributed by atoms with Crippen molar-refractivity contribution in [3.05, 3.63) is 22.6 Å². The van der Waals surface area contributed by atoms with Gasteiger partial charge < -0.3 is 5.11 Å². The molecule has 96 valence electrons. The van der Waals surface area contributed by atoms with Crippen molar-refractivity contribution in [2.24, 2.45) is 0 Å². The van der Waals surface area contributed by atoms with Gasteiger partial charge in [0.25, 0.3) is 0 Å². The van der Waals surface area contributed by atoms with Crippen LogP contribution in [0.2, 0.25) is 0 Å². The molecule has 0 aliphatic heterocycles. The van der Waals surface area contributed by atoms with E-state index < -0.39 is 12.0 Å². The molecule has 0 saturated carbocycles. The van der Waals surface area contributed by atoms with Crippen molar-refractivity contribution in [2.45, 2.75) is 32.7 Å². The van der Waals surface area contributed by atoms with Crippen molar-refractivity contribution in [3.8, 4) is 0 Å². The van der Waals surface area contributed by atoms with Gasteiger partial charge in [-0.1, -0.05) is 6.92 Å². The van der Waals surface area contributed by atoms with Crippen molar-refractivity contribution >= 4 is 33.1 Å². The number of rotatable bonds is 4. The Balaban J connectivity index is 2.66. The Hall–Kier alpha value is -1.43. The summed E-state index contributed by atoms with van der Waals surface area (Å²) in [6.07, 6.45) is 3.31. The van der Waals surface area contributed by atoms with Gasteiger partial charge in [-0.2, -0.15) is 0 Å². The van der Waals surface area contributed by atoms with E-state index in [0.717, 1.165) is 28.7 Å². The highest BCUT2D eigenvalue weighted by Crippen LogP contribution is 2.23. The topological polar surface area (TPSA) is 68.0 Å². The van der Waals surface area contributed by atoms with Crippen molar-refractivity contribution in [1.29, 1.82) is 0 Å². The minimum Gasteiger partial charge on any atom is -0.480 e. The minimum atomic E-state index is -0.878. The maximum absolute atomic E-state index is 11.2. The Morgan fingerprint density at radius 2 is 2.33 bits per heavy atom. The Morgan fingerprint density at radius 1 is 1.61 bits per heavy atom. The van der Waals surface area contributed by atoms with Gasteiger partial charge in [-0.15, -0.1) is 0 Å². The molecule has 0 fully saturated rings. The van der Waals surface area contributed by atoms with Crippen molar-refractivity contribution in [3.63, 3.8) is 0 Å². The second-order valence-corrected chi connectivity index (χ2v) is 5.07. The first-order chi connectivity index (χ1) is 8.54. The molecule has 0 aliphatic carbocycles. The highest BCUT2D eigenvalue weighted by molar-refractivity contribution is 9.10. The predicted octanol–water partition coefficient (Wildman–Crippen LogP) is 2.79. The summed E-state index contributed by atoms with van der Waals surface area (Å²) in [6.45, 7) is 3.69. The van der Waals surface area contributed by atoms with Gasteiger partial charge in [0, 0.05) is 17.1 Å². The second kappa shape index (κ2) is 5.06. The lowest BCUT2D eigenvalue weighted by molar-refractivity contribution is -0.140. The average molecular weight is 312 g/mol. The Labute approximate surface area is 113 Å². The molecular weight excluding hydrogens is 298 g/mol. The SMILES string of the molecule is CCCc1nc2cc(Br)cnc2n1C(C)C(=O)O. The Bertz CT molecular complexity index is 594. The van der Waals surface area contributed by atoms with Gasteiger partial charge in [0.05, 0.1) is 0 Å². The highest BCUT2D eigenvalue weighted by atomic mass is 79.9. The lowest BCUT2D eigenvalue weighted by Gasteiger charge is -2.12. The van der Waals surface area contributed by atoms with Crippen LogP contribution in [0.5, 0.6) is 0 Å². The van der Waals surface area contributed by atoms with E-state index in [1.54, 1.807) is 17.7 Å². The van der Waals surface area contributed by atoms with E-state index in [1.807, 2.05) is 13.0 Å². The number of fused-ring (bicyclic) bond motifs is 1. The molecule has 5 nitrogen and oxygen atoms in total. The van der Waals surface area contributed by atoms with Crippen LogP contribution in [0.3, 0.4) is 0 Å². The maximum atomic E-state index is 11.2. The van der Waals surface area contributed by atoms with Crippen LogP contribution in [0, 0.1) is 0 Å². The molecule has 2 heterocycles. The summed E-state index contributed by atoms with van der Waals surface area (Å²) in [4.78, 5) is 19.9. The maximum Gasteiger partial charge on any atom is 0.326 e. The number of pyridine rings is 1. The lowest BCUT2D eigenvalue weighted by Crippen LogP contribution is -2.18. The third kappa shape index (κ3) is 2.25. The van der Waals surface area contributed by atoms with Crippen LogP contribution in [0.15, 0.2) is 16.7 Å². The summed E-state index contributed by atoms with van der Waals surface area (Å²) < 4.78 is 2.54. The molecule has 0 bridgehead atoms. The molecular formula is C12H14BrN3O2. The number of hydrogen-bond donors (Lipinski definition) is 1. The number of halogens is 1. The van der Waals surface area contributed by atoms with Gasteiger partial charge in [0.15, 0.2) is 5.65 Å². The van der Waals surface area contributed by atoms with Crippen LogP contribution in [0.1, 0.15) is 32.1 Å². The smallest absolute Gasteiger partial charge is 0.326 e. The standard InChI is InChI=1S/C12H14BrN3O2/c1-3-4-10-15-9-5-8(13)6-14-11(9)16(10)7(2)12(17)18/h5-7H,3-4H2,1-2H3,(H,17,18). The molecule has 0 radical (unpaired) electrons. The molecule has 0 saturated heterocycles. The van der Waals surface area contributed by atoms with Crippen LogP contribution in [0.25, 0.3) is 11.2 Å². The number of aromatic nitrogens is 3. The van der Waals surface area contributed by atoms with Gasteiger partial charge in [-0.05, 0) is 35.3 Å². The summed E-state index contributed by atoms with van der Waals surface area (Å²) in [5.41, 5.74) is 1.34. The van der Waals surface area contributed by atoms with Crippen molar-refractivity contribution in [1.82, 2.24) is 14.5 Å². The Kier molecular flexibility index (Phi) is 3.65. The normalized spacial score (nSPS) is 12.8. The van der Waals surface area contributed by atoms with E-state index in [-0.39, 0.29) is 0 Å². The number of aryl methyl sites for hydroxylation is 1. The minimum absolute atomic E-state index is 0.622. The molecule has 0 amide bonds. The largest absolute Gasteiger partial charge is 0.480 e. The molecule has 0 aliphatic rings. The quantitative estimate of drug-likeness (QED) is 0.942. The number of hydrogen-bond acceptors (Lipinski definition) is 3. The number of carbonyl (C=O) groups is 1. The molecule has 1 atom stereocenters. The molecule has 0 spiro atoms. The van der Waals surface area contributed by atoms with E-state index in [2.05, 4.69) is 25.9 Å². The van der Waals surface area contributed by atoms with Crippen LogP contribution >= 0.6 is 15.9 Å². The fourth-order valence-corrected chi connectivity index (χ4v) is 2.24. The highest BCUT2D eigenvalue weighted by Gasteiger charge is 2.21. The molecule has 2 rings (SSSR count). The molecule has 1 unspecified atom stereocenters. The summed E-state index contributed by atoms with van der Waals surface area (Å²) in [5, 5.41) is 9.17. The third-order valence-corrected chi connectivity index (χ3v) is 3.22. The van der Waals surface area contributed by atoms with Crippen molar-refractivity contribution < 1.29 is 9.90 Å². The first-order valence-corrected chi connectivity index (χ1v) is 6.59. The van der Waals surface area contributed by atoms with Gasteiger partial charge in [0.2, 0.25) is 0 Å². The van der Waals surface area contributed by atoms with Crippen LogP contribution in [0.4, 0.5) is 0 Å². The van der Waals surface area contributed by atoms with Crippen LogP contribution < -0.4 is 0 Å². The molecule has 6 heteroatoms. The zero-order valence-electron chi connectivity index (χ0n) is 10.2. The van der Waals surface area contributed by atoms with E-state index in [4.69, 9.17) is 0 Å². The summed E-state index contributed by atoms with van der Waals surface area (Å²) in [7, 11) is 0. The number of aliphatic carboxylic acids is 1. The van der Waals surface area contributed by atoms with Gasteiger partial charge in [-0.3, -0.25) is 4.57 Å². The predicted molar refractivity (Wildman–Crippen MR) is 71.6 cm³/mol. The zero-order valence-corrected chi connectivity index (χ0v) is 11.8. The number of nitrogens with zero attached hydrogens (tertiary/aromatic N) is 3. The van der Waals surface area contributed by atoms with E-state index >= 15 is 0 Å². The monoisotopic (exact) mass is 311 g/mol. The number of carboxylic acid groups (broad SMARTS) is 1. The first-order valence-electron chi connectivity index (χ1n) is 5.79. The molecule has 0 aromatic carbocycles. The number of imidazole rings is 1. The van der Waals surface area contributed by atoms with E-state index in [0.29, 0.717) is 5.65 Å². The summed E-state index contributed by atoms with van der Waals surface area (Å²) in [5.74, 6) is -0.107. The van der Waals surface area contributed by atoms with Gasteiger partial charge in [0.1, 0.15) is 17.4 Å². The fraction of sp³-hybridized carbons (Fsp3) is 0.417. The third-order valence-electron chi connectivity index (χ3n) is 2.79. The molecule has 18 heavy (non-hydrogen) atoms. The van der Waals surface area contributed by atoms with E-state index in [9.17, 15) is 9.90 Å². The van der Waals surface area contributed by atoms with Crippen LogP contribution in [-0.2, 0) is 11.2 Å². The molecule has 1 N–H and O–H groups in total. The Morgan fingerprint density at radius 3 is 2.94 bits per heavy atom. The summed E-state index contributed by atoms with van der Waals surface area (Å²) >= 11 is 3.34. The van der Waals surface area contributed by atoms with E-state index in [1.165, 1.54) is 0 Å². The lowest BCUT2D eigenvalue weighted by atomic mass is 10.3. The summed E-state index contributed by atoms with van der Waals surface area (Å²) in [6, 6.07) is 1.19. The van der Waals surface area contributed by atoms with Gasteiger partial charge in [-0.25, -0.2) is 14.8 Å². The van der Waals surface area contributed by atoms with Gasteiger partial charge >= 0.3 is 5.97 Å². The average Bonchev–Trinajstić information content (AvgIpc) is 2.65. The first kappa shape index (κ1) is 13.0. The molecule has 2 aromatic rings.